The summed E-state index contributed by atoms with van der Waals surface area (Å²) in [6.07, 6.45) is 0. The van der Waals surface area contributed by atoms with Gasteiger partial charge in [-0.25, -0.2) is 9.37 Å². The molecule has 0 aliphatic carbocycles. The van der Waals surface area contributed by atoms with Crippen molar-refractivity contribution in [2.24, 2.45) is 0 Å². The zero-order chi connectivity index (χ0) is 17.3. The van der Waals surface area contributed by atoms with E-state index in [1.807, 2.05) is 19.1 Å². The van der Waals surface area contributed by atoms with Gasteiger partial charge in [0.25, 0.3) is 5.91 Å². The lowest BCUT2D eigenvalue weighted by molar-refractivity contribution is 0.102. The number of aromatic nitrogens is 1. The first-order valence-corrected chi connectivity index (χ1v) is 8.44. The van der Waals surface area contributed by atoms with Crippen LogP contribution in [0.15, 0.2) is 42.5 Å². The first-order valence-electron chi connectivity index (χ1n) is 7.25. The van der Waals surface area contributed by atoms with Gasteiger partial charge in [-0.2, -0.15) is 0 Å². The average Bonchev–Trinajstić information content (AvgIpc) is 2.93. The summed E-state index contributed by atoms with van der Waals surface area (Å²) in [7, 11) is 0. The lowest BCUT2D eigenvalue weighted by Gasteiger charge is -2.07. The summed E-state index contributed by atoms with van der Waals surface area (Å²) in [6.45, 7) is 3.59. The highest BCUT2D eigenvalue weighted by molar-refractivity contribution is 7.17. The highest BCUT2D eigenvalue weighted by Crippen LogP contribution is 2.29. The van der Waals surface area contributed by atoms with Crippen LogP contribution in [-0.4, -0.2) is 10.9 Å². The Balaban J connectivity index is 1.88. The number of anilines is 1. The average molecular weight is 361 g/mol. The molecule has 0 spiro atoms. The maximum atomic E-state index is 13.4. The minimum atomic E-state index is -0.390. The number of hydrogen-bond donors (Lipinski definition) is 1. The summed E-state index contributed by atoms with van der Waals surface area (Å²) in [4.78, 5) is 17.5. The van der Waals surface area contributed by atoms with Crippen molar-refractivity contribution in [3.63, 3.8) is 0 Å². The van der Waals surface area contributed by atoms with Gasteiger partial charge in [-0.15, -0.1) is 11.3 Å². The monoisotopic (exact) mass is 360 g/mol. The fourth-order valence-electron chi connectivity index (χ4n) is 2.23. The molecule has 0 atom stereocenters. The standard InChI is InChI=1S/C18H14ClFN2OS/c1-10-3-8-14(20)9-15(10)22-17(23)16-11(2)21-18(24-16)12-4-6-13(19)7-5-12/h3-9H,1-2H3,(H,22,23). The zero-order valence-corrected chi connectivity index (χ0v) is 14.6. The minimum Gasteiger partial charge on any atom is -0.321 e. The van der Waals surface area contributed by atoms with Crippen molar-refractivity contribution in [1.29, 1.82) is 0 Å². The number of carbonyl (C=O) groups is 1. The molecule has 1 aromatic heterocycles. The molecule has 1 amide bonds. The van der Waals surface area contributed by atoms with Gasteiger partial charge in [0.2, 0.25) is 0 Å². The van der Waals surface area contributed by atoms with Crippen molar-refractivity contribution in [3.8, 4) is 10.6 Å². The summed E-state index contributed by atoms with van der Waals surface area (Å²) >= 11 is 7.19. The fraction of sp³-hybridized carbons (Fsp3) is 0.111. The van der Waals surface area contributed by atoms with Crippen molar-refractivity contribution in [1.82, 2.24) is 4.98 Å². The molecule has 0 saturated carbocycles. The number of nitrogens with one attached hydrogen (secondary N) is 1. The van der Waals surface area contributed by atoms with E-state index in [0.717, 1.165) is 16.1 Å². The number of nitrogens with zero attached hydrogens (tertiary/aromatic N) is 1. The van der Waals surface area contributed by atoms with Gasteiger partial charge < -0.3 is 5.32 Å². The molecule has 0 fully saturated rings. The van der Waals surface area contributed by atoms with Crippen LogP contribution in [0.3, 0.4) is 0 Å². The van der Waals surface area contributed by atoms with Gasteiger partial charge in [0.1, 0.15) is 15.7 Å². The van der Waals surface area contributed by atoms with Gasteiger partial charge in [0.05, 0.1) is 5.69 Å². The molecule has 1 heterocycles. The smallest absolute Gasteiger partial charge is 0.267 e. The summed E-state index contributed by atoms with van der Waals surface area (Å²) in [5.41, 5.74) is 2.79. The Bertz CT molecular complexity index is 906. The van der Waals surface area contributed by atoms with Gasteiger partial charge in [-0.05, 0) is 43.7 Å². The van der Waals surface area contributed by atoms with E-state index < -0.39 is 5.82 Å². The molecule has 0 aliphatic rings. The number of aryl methyl sites for hydroxylation is 2. The molecule has 1 N–H and O–H groups in total. The summed E-state index contributed by atoms with van der Waals surface area (Å²) < 4.78 is 13.4. The van der Waals surface area contributed by atoms with Gasteiger partial charge in [-0.3, -0.25) is 4.79 Å². The van der Waals surface area contributed by atoms with Crippen LogP contribution in [0.2, 0.25) is 5.02 Å². The topological polar surface area (TPSA) is 42.0 Å². The number of hydrogen-bond acceptors (Lipinski definition) is 3. The van der Waals surface area contributed by atoms with Gasteiger partial charge >= 0.3 is 0 Å². The predicted octanol–water partition coefficient (Wildman–Crippen LogP) is 5.47. The molecule has 122 valence electrons. The second-order valence-corrected chi connectivity index (χ2v) is 6.79. The van der Waals surface area contributed by atoms with Crippen molar-refractivity contribution in [3.05, 3.63) is 69.4 Å². The van der Waals surface area contributed by atoms with E-state index in [1.54, 1.807) is 25.1 Å². The maximum absolute atomic E-state index is 13.4. The van der Waals surface area contributed by atoms with Crippen molar-refractivity contribution >= 4 is 34.5 Å². The van der Waals surface area contributed by atoms with Crippen molar-refractivity contribution in [2.45, 2.75) is 13.8 Å². The zero-order valence-electron chi connectivity index (χ0n) is 13.1. The normalized spacial score (nSPS) is 10.7. The van der Waals surface area contributed by atoms with Crippen LogP contribution in [0, 0.1) is 19.7 Å². The Morgan fingerprint density at radius 1 is 1.17 bits per heavy atom. The van der Waals surface area contributed by atoms with E-state index in [9.17, 15) is 9.18 Å². The molecule has 3 rings (SSSR count). The van der Waals surface area contributed by atoms with E-state index in [2.05, 4.69) is 10.3 Å². The highest BCUT2D eigenvalue weighted by Gasteiger charge is 2.17. The third-order valence-corrected chi connectivity index (χ3v) is 5.00. The van der Waals surface area contributed by atoms with Crippen LogP contribution in [-0.2, 0) is 0 Å². The summed E-state index contributed by atoms with van der Waals surface area (Å²) in [6, 6.07) is 11.6. The van der Waals surface area contributed by atoms with Crippen LogP contribution in [0.25, 0.3) is 10.6 Å². The SMILES string of the molecule is Cc1ccc(F)cc1NC(=O)c1sc(-c2ccc(Cl)cc2)nc1C. The van der Waals surface area contributed by atoms with E-state index in [4.69, 9.17) is 11.6 Å². The lowest BCUT2D eigenvalue weighted by atomic mass is 10.2. The van der Waals surface area contributed by atoms with Crippen LogP contribution >= 0.6 is 22.9 Å². The third kappa shape index (κ3) is 3.47. The van der Waals surface area contributed by atoms with E-state index >= 15 is 0 Å². The largest absolute Gasteiger partial charge is 0.321 e. The molecule has 24 heavy (non-hydrogen) atoms. The Hall–Kier alpha value is -2.24. The molecule has 0 unspecified atom stereocenters. The molecule has 2 aromatic carbocycles. The number of benzene rings is 2. The Morgan fingerprint density at radius 2 is 1.88 bits per heavy atom. The maximum Gasteiger partial charge on any atom is 0.267 e. The second-order valence-electron chi connectivity index (χ2n) is 5.35. The van der Waals surface area contributed by atoms with E-state index in [-0.39, 0.29) is 5.91 Å². The van der Waals surface area contributed by atoms with Gasteiger partial charge in [-0.1, -0.05) is 29.8 Å². The molecule has 0 aliphatic heterocycles. The molecule has 3 nitrogen and oxygen atoms in total. The second kappa shape index (κ2) is 6.71. The number of rotatable bonds is 3. The summed E-state index contributed by atoms with van der Waals surface area (Å²) in [5, 5.41) is 4.14. The van der Waals surface area contributed by atoms with E-state index in [0.29, 0.717) is 21.3 Å². The predicted molar refractivity (Wildman–Crippen MR) is 96.4 cm³/mol. The fourth-order valence-corrected chi connectivity index (χ4v) is 3.32. The quantitative estimate of drug-likeness (QED) is 0.672. The molecule has 6 heteroatoms. The molecule has 0 radical (unpaired) electrons. The number of carbonyl (C=O) groups excluding carboxylic acids is 1. The first kappa shape index (κ1) is 16.6. The third-order valence-electron chi connectivity index (χ3n) is 3.54. The number of halogens is 2. The Morgan fingerprint density at radius 3 is 2.58 bits per heavy atom. The Labute approximate surface area is 148 Å². The van der Waals surface area contributed by atoms with E-state index in [1.165, 1.54) is 23.5 Å². The number of amides is 1. The van der Waals surface area contributed by atoms with Gasteiger partial charge in [0.15, 0.2) is 0 Å². The van der Waals surface area contributed by atoms with Gasteiger partial charge in [0, 0.05) is 16.3 Å². The van der Waals surface area contributed by atoms with Crippen molar-refractivity contribution in [2.75, 3.05) is 5.32 Å². The molecule has 0 saturated heterocycles. The molecular weight excluding hydrogens is 347 g/mol. The highest BCUT2D eigenvalue weighted by atomic mass is 35.5. The first-order chi connectivity index (χ1) is 11.4. The van der Waals surface area contributed by atoms with Crippen LogP contribution in [0.1, 0.15) is 20.9 Å². The minimum absolute atomic E-state index is 0.293. The molecule has 0 bridgehead atoms. The van der Waals surface area contributed by atoms with Crippen LogP contribution in [0.5, 0.6) is 0 Å². The van der Waals surface area contributed by atoms with Crippen LogP contribution in [0.4, 0.5) is 10.1 Å². The summed E-state index contributed by atoms with van der Waals surface area (Å²) in [5.74, 6) is -0.683. The molecule has 3 aromatic rings. The molecular formula is C18H14ClFN2OS. The Kier molecular flexibility index (Phi) is 4.64. The van der Waals surface area contributed by atoms with Crippen LogP contribution < -0.4 is 5.32 Å². The number of thiazole rings is 1. The lowest BCUT2D eigenvalue weighted by Crippen LogP contribution is -2.12. The van der Waals surface area contributed by atoms with Crippen molar-refractivity contribution < 1.29 is 9.18 Å².